The fourth-order valence-corrected chi connectivity index (χ4v) is 2.28. The van der Waals surface area contributed by atoms with E-state index in [0.717, 1.165) is 17.6 Å². The number of nitrogens with zero attached hydrogens (tertiary/aromatic N) is 1. The predicted octanol–water partition coefficient (Wildman–Crippen LogP) is 2.81. The van der Waals surface area contributed by atoms with Crippen molar-refractivity contribution in [2.45, 2.75) is 26.2 Å². The van der Waals surface area contributed by atoms with Crippen molar-refractivity contribution in [3.8, 4) is 0 Å². The van der Waals surface area contributed by atoms with E-state index in [0.29, 0.717) is 17.3 Å². The van der Waals surface area contributed by atoms with Crippen LogP contribution in [-0.2, 0) is 0 Å². The number of aromatic nitrogens is 1. The molecular weight excluding hydrogens is 294 g/mol. The second kappa shape index (κ2) is 6.18. The molecule has 0 aliphatic heterocycles. The first-order valence-corrected chi connectivity index (χ1v) is 7.17. The average Bonchev–Trinajstić information content (AvgIpc) is 2.29. The van der Waals surface area contributed by atoms with Crippen LogP contribution in [0.1, 0.15) is 36.5 Å². The maximum Gasteiger partial charge on any atom is 0.255 e. The van der Waals surface area contributed by atoms with E-state index >= 15 is 0 Å². The van der Waals surface area contributed by atoms with Gasteiger partial charge in [0.15, 0.2) is 0 Å². The monoisotopic (exact) mass is 311 g/mol. The van der Waals surface area contributed by atoms with Crippen LogP contribution in [0.15, 0.2) is 16.7 Å². The van der Waals surface area contributed by atoms with Gasteiger partial charge in [-0.05, 0) is 47.7 Å². The Labute approximate surface area is 116 Å². The number of hydrogen-bond acceptors (Lipinski definition) is 3. The first-order valence-electron chi connectivity index (χ1n) is 6.38. The molecular formula is C13H18BrN3O. The number of anilines is 1. The van der Waals surface area contributed by atoms with E-state index in [9.17, 15) is 4.79 Å². The Balaban J connectivity index is 2.04. The van der Waals surface area contributed by atoms with Crippen LogP contribution in [0.25, 0.3) is 0 Å². The summed E-state index contributed by atoms with van der Waals surface area (Å²) in [6.07, 6.45) is 5.45. The predicted molar refractivity (Wildman–Crippen MR) is 75.8 cm³/mol. The quantitative estimate of drug-likeness (QED) is 0.879. The summed E-state index contributed by atoms with van der Waals surface area (Å²) >= 11 is 3.35. The van der Waals surface area contributed by atoms with E-state index in [1.54, 1.807) is 12.3 Å². The third-order valence-corrected chi connectivity index (χ3v) is 3.65. The van der Waals surface area contributed by atoms with Gasteiger partial charge in [0.05, 0.1) is 5.56 Å². The zero-order valence-corrected chi connectivity index (χ0v) is 12.1. The molecule has 0 aromatic carbocycles. The normalized spacial score (nSPS) is 15.0. The second-order valence-corrected chi connectivity index (χ2v) is 5.50. The maximum atomic E-state index is 12.1. The van der Waals surface area contributed by atoms with E-state index in [-0.39, 0.29) is 5.91 Å². The van der Waals surface area contributed by atoms with Gasteiger partial charge in [0.1, 0.15) is 5.82 Å². The van der Waals surface area contributed by atoms with Crippen LogP contribution in [0.5, 0.6) is 0 Å². The SMILES string of the molecule is CCNc1ncc(Br)cc1C(=O)NCC1CCC1. The maximum absolute atomic E-state index is 12.1. The molecule has 5 heteroatoms. The summed E-state index contributed by atoms with van der Waals surface area (Å²) in [4.78, 5) is 16.4. The molecule has 0 spiro atoms. The lowest BCUT2D eigenvalue weighted by atomic mass is 9.85. The smallest absolute Gasteiger partial charge is 0.255 e. The van der Waals surface area contributed by atoms with Gasteiger partial charge in [-0.25, -0.2) is 4.98 Å². The van der Waals surface area contributed by atoms with Gasteiger partial charge >= 0.3 is 0 Å². The Morgan fingerprint density at radius 1 is 1.56 bits per heavy atom. The molecule has 0 atom stereocenters. The van der Waals surface area contributed by atoms with Gasteiger partial charge in [0, 0.05) is 23.8 Å². The molecule has 2 N–H and O–H groups in total. The first-order chi connectivity index (χ1) is 8.70. The second-order valence-electron chi connectivity index (χ2n) is 4.59. The van der Waals surface area contributed by atoms with E-state index in [1.807, 2.05) is 6.92 Å². The number of carbonyl (C=O) groups is 1. The lowest BCUT2D eigenvalue weighted by Crippen LogP contribution is -2.32. The highest BCUT2D eigenvalue weighted by atomic mass is 79.9. The third-order valence-electron chi connectivity index (χ3n) is 3.22. The molecule has 1 saturated carbocycles. The molecule has 4 nitrogen and oxygen atoms in total. The molecule has 1 aromatic heterocycles. The van der Waals surface area contributed by atoms with Gasteiger partial charge in [0.25, 0.3) is 5.91 Å². The Morgan fingerprint density at radius 2 is 2.33 bits per heavy atom. The lowest BCUT2D eigenvalue weighted by Gasteiger charge is -2.25. The first kappa shape index (κ1) is 13.3. The van der Waals surface area contributed by atoms with Crippen molar-refractivity contribution in [2.75, 3.05) is 18.4 Å². The molecule has 1 aromatic rings. The summed E-state index contributed by atoms with van der Waals surface area (Å²) in [5.41, 5.74) is 0.602. The fraction of sp³-hybridized carbons (Fsp3) is 0.538. The molecule has 0 bridgehead atoms. The van der Waals surface area contributed by atoms with Crippen LogP contribution in [0, 0.1) is 5.92 Å². The number of pyridine rings is 1. The molecule has 0 unspecified atom stereocenters. The third kappa shape index (κ3) is 3.22. The molecule has 18 heavy (non-hydrogen) atoms. The van der Waals surface area contributed by atoms with Gasteiger partial charge < -0.3 is 10.6 Å². The Kier molecular flexibility index (Phi) is 4.58. The number of halogens is 1. The molecule has 1 aliphatic carbocycles. The molecule has 2 rings (SSSR count). The van der Waals surface area contributed by atoms with Crippen LogP contribution in [0.2, 0.25) is 0 Å². The Morgan fingerprint density at radius 3 is 2.94 bits per heavy atom. The molecule has 1 amide bonds. The van der Waals surface area contributed by atoms with Gasteiger partial charge in [-0.2, -0.15) is 0 Å². The minimum atomic E-state index is -0.0494. The van der Waals surface area contributed by atoms with Gasteiger partial charge in [-0.1, -0.05) is 6.42 Å². The molecule has 1 fully saturated rings. The zero-order chi connectivity index (χ0) is 13.0. The van der Waals surface area contributed by atoms with Crippen molar-refractivity contribution in [1.29, 1.82) is 0 Å². The van der Waals surface area contributed by atoms with Crippen LogP contribution in [0.3, 0.4) is 0 Å². The average molecular weight is 312 g/mol. The zero-order valence-electron chi connectivity index (χ0n) is 10.5. The summed E-state index contributed by atoms with van der Waals surface area (Å²) in [5.74, 6) is 1.26. The van der Waals surface area contributed by atoms with Crippen molar-refractivity contribution in [1.82, 2.24) is 10.3 Å². The highest BCUT2D eigenvalue weighted by Crippen LogP contribution is 2.25. The molecule has 98 valence electrons. The summed E-state index contributed by atoms with van der Waals surface area (Å²) < 4.78 is 0.818. The van der Waals surface area contributed by atoms with Crippen LogP contribution < -0.4 is 10.6 Å². The standard InChI is InChI=1S/C13H18BrN3O/c1-2-15-12-11(6-10(14)8-16-12)13(18)17-7-9-4-3-5-9/h6,8-9H,2-5,7H2,1H3,(H,15,16)(H,17,18). The van der Waals surface area contributed by atoms with Crippen molar-refractivity contribution in [2.24, 2.45) is 5.92 Å². The van der Waals surface area contributed by atoms with Crippen molar-refractivity contribution in [3.63, 3.8) is 0 Å². The van der Waals surface area contributed by atoms with Crippen molar-refractivity contribution in [3.05, 3.63) is 22.3 Å². The highest BCUT2D eigenvalue weighted by molar-refractivity contribution is 9.10. The van der Waals surface area contributed by atoms with Gasteiger partial charge in [0.2, 0.25) is 0 Å². The highest BCUT2D eigenvalue weighted by Gasteiger charge is 2.19. The van der Waals surface area contributed by atoms with Crippen LogP contribution in [-0.4, -0.2) is 24.0 Å². The summed E-state index contributed by atoms with van der Waals surface area (Å²) in [6.45, 7) is 3.51. The van der Waals surface area contributed by atoms with Crippen LogP contribution in [0.4, 0.5) is 5.82 Å². The molecule has 0 saturated heterocycles. The fourth-order valence-electron chi connectivity index (χ4n) is 1.95. The van der Waals surface area contributed by atoms with Crippen molar-refractivity contribution < 1.29 is 4.79 Å². The van der Waals surface area contributed by atoms with E-state index in [1.165, 1.54) is 19.3 Å². The number of carbonyl (C=O) groups excluding carboxylic acids is 1. The molecule has 0 radical (unpaired) electrons. The topological polar surface area (TPSA) is 54.0 Å². The number of hydrogen-bond donors (Lipinski definition) is 2. The number of amides is 1. The minimum absolute atomic E-state index is 0.0494. The minimum Gasteiger partial charge on any atom is -0.370 e. The van der Waals surface area contributed by atoms with E-state index in [2.05, 4.69) is 31.5 Å². The molecule has 1 heterocycles. The van der Waals surface area contributed by atoms with Crippen LogP contribution >= 0.6 is 15.9 Å². The Bertz CT molecular complexity index is 432. The van der Waals surface area contributed by atoms with E-state index in [4.69, 9.17) is 0 Å². The number of nitrogens with one attached hydrogen (secondary N) is 2. The number of rotatable bonds is 5. The van der Waals surface area contributed by atoms with Crippen molar-refractivity contribution >= 4 is 27.7 Å². The summed E-state index contributed by atoms with van der Waals surface area (Å²) in [5, 5.41) is 6.09. The summed E-state index contributed by atoms with van der Waals surface area (Å²) in [6, 6.07) is 1.81. The largest absolute Gasteiger partial charge is 0.370 e. The van der Waals surface area contributed by atoms with Gasteiger partial charge in [-0.15, -0.1) is 0 Å². The van der Waals surface area contributed by atoms with E-state index < -0.39 is 0 Å². The van der Waals surface area contributed by atoms with Gasteiger partial charge in [-0.3, -0.25) is 4.79 Å². The lowest BCUT2D eigenvalue weighted by molar-refractivity contribution is 0.0939. The summed E-state index contributed by atoms with van der Waals surface area (Å²) in [7, 11) is 0. The Hall–Kier alpha value is -1.10. The molecule has 1 aliphatic rings.